The molecule has 0 aliphatic carbocycles. The van der Waals surface area contributed by atoms with Crippen molar-refractivity contribution in [3.05, 3.63) is 48.5 Å². The van der Waals surface area contributed by atoms with Crippen molar-refractivity contribution in [3.8, 4) is 16.3 Å². The molecule has 1 aliphatic rings. The summed E-state index contributed by atoms with van der Waals surface area (Å²) in [4.78, 5) is 4.69. The molecule has 1 aliphatic heterocycles. The van der Waals surface area contributed by atoms with Gasteiger partial charge in [0.05, 0.1) is 16.8 Å². The van der Waals surface area contributed by atoms with E-state index in [1.807, 2.05) is 30.3 Å². The Balaban J connectivity index is 1.64. The van der Waals surface area contributed by atoms with Crippen LogP contribution in [-0.2, 0) is 4.74 Å². The number of hydrogen-bond acceptors (Lipinski definition) is 4. The second kappa shape index (κ2) is 4.89. The Bertz CT molecular complexity index is 735. The first-order valence-corrected chi connectivity index (χ1v) is 7.40. The summed E-state index contributed by atoms with van der Waals surface area (Å²) < 4.78 is 12.0. The average Bonchev–Trinajstić information content (AvgIpc) is 3.23. The van der Waals surface area contributed by atoms with Crippen LogP contribution in [0, 0.1) is 0 Å². The molecule has 0 spiro atoms. The molecule has 0 bridgehead atoms. The first kappa shape index (κ1) is 11.9. The topological polar surface area (TPSA) is 34.6 Å². The van der Waals surface area contributed by atoms with Crippen molar-refractivity contribution in [1.82, 2.24) is 4.98 Å². The number of epoxide rings is 1. The monoisotopic (exact) mass is 283 g/mol. The lowest BCUT2D eigenvalue weighted by Crippen LogP contribution is -2.03. The number of rotatable bonds is 4. The molecule has 20 heavy (non-hydrogen) atoms. The molecule has 0 amide bonds. The quantitative estimate of drug-likeness (QED) is 0.684. The van der Waals surface area contributed by atoms with E-state index >= 15 is 0 Å². The van der Waals surface area contributed by atoms with Gasteiger partial charge in [0, 0.05) is 11.6 Å². The molecule has 1 aromatic heterocycles. The van der Waals surface area contributed by atoms with Crippen molar-refractivity contribution in [3.63, 3.8) is 0 Å². The van der Waals surface area contributed by atoms with Crippen molar-refractivity contribution < 1.29 is 9.47 Å². The largest absolute Gasteiger partial charge is 0.491 e. The smallest absolute Gasteiger partial charge is 0.124 e. The summed E-state index contributed by atoms with van der Waals surface area (Å²) in [5.41, 5.74) is 2.14. The van der Waals surface area contributed by atoms with Gasteiger partial charge in [0.2, 0.25) is 0 Å². The predicted molar refractivity (Wildman–Crippen MR) is 80.3 cm³/mol. The van der Waals surface area contributed by atoms with E-state index in [2.05, 4.69) is 18.2 Å². The normalized spacial score (nSPS) is 17.3. The lowest BCUT2D eigenvalue weighted by Gasteiger charge is -2.02. The van der Waals surface area contributed by atoms with Crippen LogP contribution in [0.1, 0.15) is 0 Å². The maximum Gasteiger partial charge on any atom is 0.124 e. The first-order chi connectivity index (χ1) is 9.88. The molecule has 1 saturated heterocycles. The molecule has 3 aromatic rings. The summed E-state index contributed by atoms with van der Waals surface area (Å²) >= 11 is 1.70. The van der Waals surface area contributed by atoms with Gasteiger partial charge in [-0.3, -0.25) is 0 Å². The van der Waals surface area contributed by atoms with Crippen molar-refractivity contribution in [2.45, 2.75) is 6.10 Å². The molecule has 4 rings (SSSR count). The van der Waals surface area contributed by atoms with Gasteiger partial charge in [-0.2, -0.15) is 0 Å². The minimum absolute atomic E-state index is 0.279. The van der Waals surface area contributed by atoms with Crippen molar-refractivity contribution in [2.75, 3.05) is 13.2 Å². The molecule has 3 nitrogen and oxygen atoms in total. The maximum atomic E-state index is 5.69. The number of benzene rings is 2. The third-order valence-electron chi connectivity index (χ3n) is 3.22. The van der Waals surface area contributed by atoms with Crippen LogP contribution in [0.4, 0.5) is 0 Å². The summed E-state index contributed by atoms with van der Waals surface area (Å²) in [6.45, 7) is 1.44. The van der Waals surface area contributed by atoms with Crippen LogP contribution < -0.4 is 4.74 Å². The summed E-state index contributed by atoms with van der Waals surface area (Å²) in [6, 6.07) is 16.3. The molecule has 0 N–H and O–H groups in total. The van der Waals surface area contributed by atoms with E-state index in [1.54, 1.807) is 11.3 Å². The molecule has 1 atom stereocenters. The fourth-order valence-electron chi connectivity index (χ4n) is 2.05. The number of aromatic nitrogens is 1. The molecular weight excluding hydrogens is 270 g/mol. The van der Waals surface area contributed by atoms with Crippen LogP contribution in [0.15, 0.2) is 48.5 Å². The Morgan fingerprint density at radius 1 is 1.20 bits per heavy atom. The second-order valence-electron chi connectivity index (χ2n) is 4.78. The van der Waals surface area contributed by atoms with E-state index < -0.39 is 0 Å². The Labute approximate surface area is 120 Å². The van der Waals surface area contributed by atoms with Gasteiger partial charge in [0.15, 0.2) is 0 Å². The maximum absolute atomic E-state index is 5.69. The van der Waals surface area contributed by atoms with E-state index in [0.29, 0.717) is 6.61 Å². The van der Waals surface area contributed by atoms with Gasteiger partial charge in [-0.25, -0.2) is 4.98 Å². The molecule has 2 aromatic carbocycles. The molecule has 0 radical (unpaired) electrons. The molecule has 2 heterocycles. The first-order valence-electron chi connectivity index (χ1n) is 6.59. The van der Waals surface area contributed by atoms with Crippen LogP contribution in [-0.4, -0.2) is 24.3 Å². The van der Waals surface area contributed by atoms with Gasteiger partial charge < -0.3 is 9.47 Å². The zero-order valence-electron chi connectivity index (χ0n) is 10.8. The average molecular weight is 283 g/mol. The second-order valence-corrected chi connectivity index (χ2v) is 5.81. The molecule has 4 heteroatoms. The van der Waals surface area contributed by atoms with Crippen LogP contribution in [0.25, 0.3) is 20.8 Å². The zero-order chi connectivity index (χ0) is 13.4. The molecular formula is C16H13NO2S. The standard InChI is InChI=1S/C16H13NO2S/c1-2-4-11(5-3-1)16-17-14-8-12(6-7-15(14)20-16)18-9-13-10-19-13/h1-8,13H,9-10H2/t13-/m1/s1. The van der Waals surface area contributed by atoms with E-state index in [1.165, 1.54) is 4.70 Å². The number of fused-ring (bicyclic) bond motifs is 1. The van der Waals surface area contributed by atoms with E-state index in [-0.39, 0.29) is 6.10 Å². The van der Waals surface area contributed by atoms with Crippen LogP contribution in [0.5, 0.6) is 5.75 Å². The Hall–Kier alpha value is -1.91. The van der Waals surface area contributed by atoms with E-state index in [9.17, 15) is 0 Å². The molecule has 1 fully saturated rings. The lowest BCUT2D eigenvalue weighted by molar-refractivity contribution is 0.263. The van der Waals surface area contributed by atoms with Crippen molar-refractivity contribution >= 4 is 21.6 Å². The highest BCUT2D eigenvalue weighted by atomic mass is 32.1. The number of nitrogens with zero attached hydrogens (tertiary/aromatic N) is 1. The van der Waals surface area contributed by atoms with E-state index in [4.69, 9.17) is 14.5 Å². The number of ether oxygens (including phenoxy) is 2. The van der Waals surface area contributed by atoms with Crippen LogP contribution in [0.3, 0.4) is 0 Å². The summed E-state index contributed by atoms with van der Waals surface area (Å²) in [5.74, 6) is 0.859. The zero-order valence-corrected chi connectivity index (χ0v) is 11.6. The summed E-state index contributed by atoms with van der Waals surface area (Å²) in [6.07, 6.45) is 0.279. The van der Waals surface area contributed by atoms with Crippen molar-refractivity contribution in [1.29, 1.82) is 0 Å². The SMILES string of the molecule is c1ccc(-c2nc3cc(OC[C@@H]4CO4)ccc3s2)cc1. The van der Waals surface area contributed by atoms with Gasteiger partial charge in [-0.15, -0.1) is 11.3 Å². The van der Waals surface area contributed by atoms with Gasteiger partial charge in [0.1, 0.15) is 23.5 Å². The fourth-order valence-corrected chi connectivity index (χ4v) is 3.01. The third kappa shape index (κ3) is 2.40. The highest BCUT2D eigenvalue weighted by Gasteiger charge is 2.23. The number of thiazole rings is 1. The number of hydrogen-bond donors (Lipinski definition) is 0. The van der Waals surface area contributed by atoms with Gasteiger partial charge in [-0.05, 0) is 12.1 Å². The molecule has 100 valence electrons. The Morgan fingerprint density at radius 2 is 2.05 bits per heavy atom. The minimum Gasteiger partial charge on any atom is -0.491 e. The van der Waals surface area contributed by atoms with Crippen molar-refractivity contribution in [2.24, 2.45) is 0 Å². The Morgan fingerprint density at radius 3 is 2.85 bits per heavy atom. The summed E-state index contributed by atoms with van der Waals surface area (Å²) in [7, 11) is 0. The van der Waals surface area contributed by atoms with E-state index in [0.717, 1.165) is 28.4 Å². The Kier molecular flexibility index (Phi) is 2.90. The van der Waals surface area contributed by atoms with Crippen LogP contribution in [0.2, 0.25) is 0 Å². The lowest BCUT2D eigenvalue weighted by atomic mass is 10.2. The molecule has 0 saturated carbocycles. The van der Waals surface area contributed by atoms with Gasteiger partial charge in [0.25, 0.3) is 0 Å². The van der Waals surface area contributed by atoms with Gasteiger partial charge >= 0.3 is 0 Å². The minimum atomic E-state index is 0.279. The van der Waals surface area contributed by atoms with Crippen LogP contribution >= 0.6 is 11.3 Å². The third-order valence-corrected chi connectivity index (χ3v) is 4.30. The molecule has 0 unspecified atom stereocenters. The fraction of sp³-hybridized carbons (Fsp3) is 0.188. The van der Waals surface area contributed by atoms with Gasteiger partial charge in [-0.1, -0.05) is 30.3 Å². The highest BCUT2D eigenvalue weighted by Crippen LogP contribution is 2.32. The highest BCUT2D eigenvalue weighted by molar-refractivity contribution is 7.21. The summed E-state index contributed by atoms with van der Waals surface area (Å²) in [5, 5.41) is 1.04. The predicted octanol–water partition coefficient (Wildman–Crippen LogP) is 3.74.